The van der Waals surface area contributed by atoms with E-state index in [1.165, 1.54) is 31.2 Å². The zero-order chi connectivity index (χ0) is 17.6. The van der Waals surface area contributed by atoms with Crippen LogP contribution in [-0.4, -0.2) is 5.04 Å². The summed E-state index contributed by atoms with van der Waals surface area (Å²) >= 11 is 10.6. The molecule has 0 N–H and O–H groups in total. The molecule has 1 aliphatic rings. The fourth-order valence-corrected chi connectivity index (χ4v) is 4.09. The lowest BCUT2D eigenvalue weighted by Crippen LogP contribution is -2.15. The maximum Gasteiger partial charge on any atom is 0.0991 e. The average molecular weight is 369 g/mol. The molecule has 0 bridgehead atoms. The molecule has 0 aliphatic heterocycles. The lowest BCUT2D eigenvalue weighted by Gasteiger charge is -2.28. The van der Waals surface area contributed by atoms with E-state index in [9.17, 15) is 0 Å². The summed E-state index contributed by atoms with van der Waals surface area (Å²) in [5.74, 6) is 1.25. The summed E-state index contributed by atoms with van der Waals surface area (Å²) in [5.41, 5.74) is 2.95. The number of rotatable bonds is 4. The fourth-order valence-electron chi connectivity index (χ4n) is 3.53. The Kier molecular flexibility index (Phi) is 6.18. The van der Waals surface area contributed by atoms with Gasteiger partial charge in [-0.25, -0.2) is 4.99 Å². The van der Waals surface area contributed by atoms with Crippen LogP contribution in [0.15, 0.2) is 53.5 Å². The van der Waals surface area contributed by atoms with E-state index in [-0.39, 0.29) is 0 Å². The minimum atomic E-state index is 0.609. The van der Waals surface area contributed by atoms with Crippen molar-refractivity contribution in [2.24, 2.45) is 10.9 Å². The molecule has 0 saturated heterocycles. The van der Waals surface area contributed by atoms with Crippen LogP contribution < -0.4 is 0 Å². The summed E-state index contributed by atoms with van der Waals surface area (Å²) in [6.07, 6.45) is 5.69. The molecule has 1 aliphatic carbocycles. The van der Waals surface area contributed by atoms with Crippen molar-refractivity contribution in [3.05, 3.63) is 64.7 Å². The number of halogens is 1. The van der Waals surface area contributed by atoms with E-state index in [1.807, 2.05) is 36.4 Å². The Morgan fingerprint density at radius 2 is 1.84 bits per heavy atom. The quantitative estimate of drug-likeness (QED) is 0.371. The number of nitriles is 1. The standard InChI is InChI=1S/C21H21ClN2S/c22-19-2-1-3-20(13-19)24-21(25)12-15-4-8-17(9-5-15)18-10-6-16(14-23)7-11-18/h1-3,6-7,10-11,13,15,17H,4-5,8-9,12H2,(H,24,25)/t15-,17+. The minimum Gasteiger partial charge on any atom is -0.247 e. The first-order valence-corrected chi connectivity index (χ1v) is 9.48. The molecule has 0 atom stereocenters. The molecule has 2 aromatic rings. The van der Waals surface area contributed by atoms with E-state index in [0.29, 0.717) is 16.9 Å². The van der Waals surface area contributed by atoms with Gasteiger partial charge in [0.15, 0.2) is 0 Å². The van der Waals surface area contributed by atoms with Crippen LogP contribution in [0.3, 0.4) is 0 Å². The first kappa shape index (κ1) is 18.0. The molecule has 0 aromatic heterocycles. The van der Waals surface area contributed by atoms with E-state index >= 15 is 0 Å². The van der Waals surface area contributed by atoms with Crippen molar-refractivity contribution in [3.63, 3.8) is 0 Å². The highest BCUT2D eigenvalue weighted by molar-refractivity contribution is 7.97. The highest BCUT2D eigenvalue weighted by Gasteiger charge is 2.23. The lowest BCUT2D eigenvalue weighted by molar-refractivity contribution is 0.335. The number of hydrogen-bond acceptors (Lipinski definition) is 2. The third-order valence-corrected chi connectivity index (χ3v) is 5.41. The number of aliphatic imine (C=N–C) groups is 1. The molecule has 2 nitrogen and oxygen atoms in total. The van der Waals surface area contributed by atoms with Crippen LogP contribution >= 0.6 is 24.2 Å². The van der Waals surface area contributed by atoms with Gasteiger partial charge in [-0.05, 0) is 79.8 Å². The van der Waals surface area contributed by atoms with E-state index in [0.717, 1.165) is 22.7 Å². The van der Waals surface area contributed by atoms with Gasteiger partial charge in [0.25, 0.3) is 0 Å². The van der Waals surface area contributed by atoms with Crippen LogP contribution in [0.1, 0.15) is 49.1 Å². The van der Waals surface area contributed by atoms with E-state index in [1.54, 1.807) is 0 Å². The molecule has 25 heavy (non-hydrogen) atoms. The molecular weight excluding hydrogens is 348 g/mol. The lowest BCUT2D eigenvalue weighted by atomic mass is 9.77. The maximum atomic E-state index is 8.90. The van der Waals surface area contributed by atoms with Gasteiger partial charge in [-0.3, -0.25) is 0 Å². The molecule has 0 radical (unpaired) electrons. The fraction of sp³-hybridized carbons (Fsp3) is 0.333. The van der Waals surface area contributed by atoms with Gasteiger partial charge in [0, 0.05) is 5.02 Å². The normalized spacial score (nSPS) is 20.9. The van der Waals surface area contributed by atoms with Crippen molar-refractivity contribution >= 4 is 35.0 Å². The van der Waals surface area contributed by atoms with Crippen molar-refractivity contribution in [2.75, 3.05) is 0 Å². The van der Waals surface area contributed by atoms with Gasteiger partial charge < -0.3 is 0 Å². The predicted molar refractivity (Wildman–Crippen MR) is 108 cm³/mol. The molecule has 2 aromatic carbocycles. The number of benzene rings is 2. The zero-order valence-corrected chi connectivity index (χ0v) is 15.7. The van der Waals surface area contributed by atoms with Crippen LogP contribution in [0.5, 0.6) is 0 Å². The van der Waals surface area contributed by atoms with Crippen molar-refractivity contribution in [2.45, 2.75) is 38.0 Å². The molecule has 0 spiro atoms. The molecule has 4 heteroatoms. The topological polar surface area (TPSA) is 36.1 Å². The first-order valence-electron chi connectivity index (χ1n) is 8.66. The number of thiol groups is 1. The summed E-state index contributed by atoms with van der Waals surface area (Å²) in [5, 5.41) is 10.5. The zero-order valence-electron chi connectivity index (χ0n) is 14.0. The van der Waals surface area contributed by atoms with Crippen LogP contribution in [0.25, 0.3) is 0 Å². The highest BCUT2D eigenvalue weighted by atomic mass is 35.5. The molecular formula is C21H21ClN2S. The second kappa shape index (κ2) is 8.56. The van der Waals surface area contributed by atoms with Crippen molar-refractivity contribution in [3.8, 4) is 6.07 Å². The second-order valence-electron chi connectivity index (χ2n) is 6.66. The van der Waals surface area contributed by atoms with Crippen LogP contribution in [0.2, 0.25) is 5.02 Å². The van der Waals surface area contributed by atoms with E-state index in [2.05, 4.69) is 35.8 Å². The number of nitrogens with zero attached hydrogens (tertiary/aromatic N) is 2. The van der Waals surface area contributed by atoms with Gasteiger partial charge in [-0.2, -0.15) is 5.26 Å². The van der Waals surface area contributed by atoms with E-state index < -0.39 is 0 Å². The van der Waals surface area contributed by atoms with Crippen molar-refractivity contribution in [1.29, 1.82) is 5.26 Å². The molecule has 0 heterocycles. The van der Waals surface area contributed by atoms with Crippen LogP contribution in [0.4, 0.5) is 5.69 Å². The van der Waals surface area contributed by atoms with Gasteiger partial charge in [-0.15, -0.1) is 12.6 Å². The molecule has 0 unspecified atom stereocenters. The molecule has 128 valence electrons. The van der Waals surface area contributed by atoms with Gasteiger partial charge in [0.2, 0.25) is 0 Å². The SMILES string of the molecule is N#Cc1ccc([C@H]2CC[C@@H](CC(S)=Nc3cccc(Cl)c3)CC2)cc1. The molecule has 0 amide bonds. The van der Waals surface area contributed by atoms with Crippen LogP contribution in [-0.2, 0) is 0 Å². The molecule has 1 fully saturated rings. The number of hydrogen-bond donors (Lipinski definition) is 1. The van der Waals surface area contributed by atoms with Crippen molar-refractivity contribution < 1.29 is 0 Å². The third-order valence-electron chi connectivity index (χ3n) is 4.90. The first-order chi connectivity index (χ1) is 12.1. The van der Waals surface area contributed by atoms with Gasteiger partial charge in [0.1, 0.15) is 0 Å². The molecule has 1 saturated carbocycles. The second-order valence-corrected chi connectivity index (χ2v) is 7.62. The van der Waals surface area contributed by atoms with E-state index in [4.69, 9.17) is 16.9 Å². The minimum absolute atomic E-state index is 0.609. The monoisotopic (exact) mass is 368 g/mol. The highest BCUT2D eigenvalue weighted by Crippen LogP contribution is 2.37. The Balaban J connectivity index is 1.54. The Morgan fingerprint density at radius 3 is 2.48 bits per heavy atom. The Morgan fingerprint density at radius 1 is 1.12 bits per heavy atom. The average Bonchev–Trinajstić information content (AvgIpc) is 2.62. The summed E-state index contributed by atoms with van der Waals surface area (Å²) in [7, 11) is 0. The van der Waals surface area contributed by atoms with Crippen LogP contribution in [0, 0.1) is 17.2 Å². The third kappa shape index (κ3) is 5.11. The Labute approximate surface area is 160 Å². The largest absolute Gasteiger partial charge is 0.247 e. The Hall–Kier alpha value is -1.76. The Bertz CT molecular complexity index is 784. The van der Waals surface area contributed by atoms with Crippen molar-refractivity contribution in [1.82, 2.24) is 0 Å². The molecule has 3 rings (SSSR count). The summed E-state index contributed by atoms with van der Waals surface area (Å²) < 4.78 is 0. The summed E-state index contributed by atoms with van der Waals surface area (Å²) in [6, 6.07) is 17.8. The van der Waals surface area contributed by atoms with Gasteiger partial charge >= 0.3 is 0 Å². The van der Waals surface area contributed by atoms with Gasteiger partial charge in [0.05, 0.1) is 22.4 Å². The summed E-state index contributed by atoms with van der Waals surface area (Å²) in [4.78, 5) is 4.58. The maximum absolute atomic E-state index is 8.90. The van der Waals surface area contributed by atoms with Gasteiger partial charge in [-0.1, -0.05) is 29.8 Å². The summed E-state index contributed by atoms with van der Waals surface area (Å²) in [6.45, 7) is 0. The predicted octanol–water partition coefficient (Wildman–Crippen LogP) is 6.54. The smallest absolute Gasteiger partial charge is 0.0991 e.